The first kappa shape index (κ1) is 45.0. The first-order valence-electron chi connectivity index (χ1n) is 14.0. The lowest BCUT2D eigenvalue weighted by molar-refractivity contribution is -0.440. The molecule has 0 fully saturated rings. The van der Waals surface area contributed by atoms with E-state index >= 15 is 0 Å². The fourth-order valence-corrected chi connectivity index (χ4v) is 4.01. The molecule has 0 bridgehead atoms. The number of carbonyl (C=O) groups excluding carboxylic acids is 3. The zero-order chi connectivity index (χ0) is 38.5. The van der Waals surface area contributed by atoms with Crippen LogP contribution in [0.2, 0.25) is 0 Å². The van der Waals surface area contributed by atoms with E-state index in [2.05, 4.69) is 4.74 Å². The number of rotatable bonds is 19. The lowest BCUT2D eigenvalue weighted by Gasteiger charge is -2.39. The second kappa shape index (κ2) is 15.7. The number of carboxylic acid groups (broad SMARTS) is 1. The van der Waals surface area contributed by atoms with Crippen molar-refractivity contribution >= 4 is 23.9 Å². The molecule has 3 unspecified atom stereocenters. The normalized spacial score (nSPS) is 15.8. The molecule has 282 valence electrons. The van der Waals surface area contributed by atoms with Crippen molar-refractivity contribution in [1.29, 1.82) is 0 Å². The molecule has 0 aromatic rings. The molecule has 0 aliphatic heterocycles. The predicted molar refractivity (Wildman–Crippen MR) is 136 cm³/mol. The Kier molecular flexibility index (Phi) is 14.7. The highest BCUT2D eigenvalue weighted by molar-refractivity contribution is 5.91. The van der Waals surface area contributed by atoms with Gasteiger partial charge >= 0.3 is 59.7 Å². The quantitative estimate of drug-likeness (QED) is 0.0643. The van der Waals surface area contributed by atoms with Crippen LogP contribution in [0.25, 0.3) is 0 Å². The topological polar surface area (TPSA) is 116 Å². The summed E-state index contributed by atoms with van der Waals surface area (Å²) in [6.45, 7) is 5.05. The SMILES string of the molecule is CCCCOC(=O)C(C(C(=O)O)C(C)C(=O)OCCC(F)(F)C(F)(F)C(F)(F)C(F)(F)C(F)(F)C(F)(F)F)C(C)(C)C(=O)OCC(C)C. The van der Waals surface area contributed by atoms with Crippen LogP contribution in [-0.4, -0.2) is 84.6 Å². The summed E-state index contributed by atoms with van der Waals surface area (Å²) in [6, 6.07) is 0. The van der Waals surface area contributed by atoms with Gasteiger partial charge in [-0.05, 0) is 26.2 Å². The average molecular weight is 735 g/mol. The summed E-state index contributed by atoms with van der Waals surface area (Å²) >= 11 is 0. The van der Waals surface area contributed by atoms with Crippen LogP contribution < -0.4 is 0 Å². The molecule has 8 nitrogen and oxygen atoms in total. The molecule has 0 saturated heterocycles. The first-order chi connectivity index (χ1) is 21.3. The van der Waals surface area contributed by atoms with Crippen LogP contribution in [0.4, 0.5) is 57.1 Å². The van der Waals surface area contributed by atoms with Crippen LogP contribution in [-0.2, 0) is 33.4 Å². The van der Waals surface area contributed by atoms with Gasteiger partial charge in [0.05, 0.1) is 49.4 Å². The number of esters is 3. The predicted octanol–water partition coefficient (Wildman–Crippen LogP) is 7.18. The smallest absolute Gasteiger partial charge is 0.460 e. The molecule has 0 aliphatic carbocycles. The lowest BCUT2D eigenvalue weighted by atomic mass is 9.67. The van der Waals surface area contributed by atoms with E-state index in [0.717, 1.165) is 13.8 Å². The van der Waals surface area contributed by atoms with Crippen LogP contribution >= 0.6 is 0 Å². The van der Waals surface area contributed by atoms with Gasteiger partial charge in [-0.25, -0.2) is 0 Å². The van der Waals surface area contributed by atoms with Crippen molar-refractivity contribution in [3.8, 4) is 0 Å². The molecule has 0 amide bonds. The van der Waals surface area contributed by atoms with Gasteiger partial charge in [-0.3, -0.25) is 19.2 Å². The minimum atomic E-state index is -8.12. The number of carbonyl (C=O) groups is 4. The number of ether oxygens (including phenoxy) is 3. The molecule has 0 rings (SSSR count). The van der Waals surface area contributed by atoms with Crippen molar-refractivity contribution in [2.24, 2.45) is 29.1 Å². The molecule has 0 radical (unpaired) electrons. The molecule has 0 aromatic carbocycles. The number of carboxylic acids is 1. The number of aliphatic carboxylic acids is 1. The fraction of sp³-hybridized carbons (Fsp3) is 0.852. The van der Waals surface area contributed by atoms with E-state index in [1.165, 1.54) is 0 Å². The molecule has 48 heavy (non-hydrogen) atoms. The molecule has 0 spiro atoms. The summed E-state index contributed by atoms with van der Waals surface area (Å²) < 4.78 is 188. The van der Waals surface area contributed by atoms with Crippen molar-refractivity contribution in [3.05, 3.63) is 0 Å². The van der Waals surface area contributed by atoms with Gasteiger partial charge in [0.2, 0.25) is 0 Å². The summed E-state index contributed by atoms with van der Waals surface area (Å²) in [6.07, 6.45) is -9.74. The van der Waals surface area contributed by atoms with E-state index in [4.69, 9.17) is 9.47 Å². The van der Waals surface area contributed by atoms with Gasteiger partial charge in [0.1, 0.15) is 0 Å². The summed E-state index contributed by atoms with van der Waals surface area (Å²) in [4.78, 5) is 50.9. The fourth-order valence-electron chi connectivity index (χ4n) is 4.01. The Morgan fingerprint density at radius 3 is 1.54 bits per heavy atom. The number of halogens is 13. The summed E-state index contributed by atoms with van der Waals surface area (Å²) in [5.41, 5.74) is -2.10. The second-order valence-electron chi connectivity index (χ2n) is 11.8. The maximum Gasteiger partial charge on any atom is 0.460 e. The van der Waals surface area contributed by atoms with Gasteiger partial charge in [-0.15, -0.1) is 0 Å². The second-order valence-corrected chi connectivity index (χ2v) is 11.8. The summed E-state index contributed by atoms with van der Waals surface area (Å²) in [5.74, 6) is -51.5. The Hall–Kier alpha value is -3.03. The summed E-state index contributed by atoms with van der Waals surface area (Å²) in [7, 11) is 0. The van der Waals surface area contributed by atoms with Gasteiger partial charge in [0.15, 0.2) is 0 Å². The van der Waals surface area contributed by atoms with Gasteiger partial charge in [-0.2, -0.15) is 57.1 Å². The Labute approximate surface area is 265 Å². The van der Waals surface area contributed by atoms with Crippen molar-refractivity contribution in [2.75, 3.05) is 19.8 Å². The van der Waals surface area contributed by atoms with E-state index < -0.39 is 95.9 Å². The molecule has 1 N–H and O–H groups in total. The van der Waals surface area contributed by atoms with Crippen molar-refractivity contribution in [3.63, 3.8) is 0 Å². The zero-order valence-corrected chi connectivity index (χ0v) is 26.3. The Balaban J connectivity index is 6.33. The number of alkyl halides is 13. The van der Waals surface area contributed by atoms with E-state index in [-0.39, 0.29) is 25.6 Å². The zero-order valence-electron chi connectivity index (χ0n) is 26.3. The Morgan fingerprint density at radius 2 is 1.12 bits per heavy atom. The molecule has 0 saturated carbocycles. The van der Waals surface area contributed by atoms with Crippen LogP contribution in [0.5, 0.6) is 0 Å². The highest BCUT2D eigenvalue weighted by Crippen LogP contribution is 2.60. The van der Waals surface area contributed by atoms with E-state index in [1.807, 2.05) is 0 Å². The summed E-state index contributed by atoms with van der Waals surface area (Å²) in [5, 5.41) is 9.91. The molecular formula is C27H35F13O8. The van der Waals surface area contributed by atoms with Gasteiger partial charge in [0.25, 0.3) is 0 Å². The Morgan fingerprint density at radius 1 is 0.667 bits per heavy atom. The van der Waals surface area contributed by atoms with Crippen molar-refractivity contribution in [2.45, 2.75) is 96.6 Å². The standard InChI is InChI=1S/C27H35F13O8/c1-7-8-10-46-19(44)16(21(5,6)20(45)48-12-13(2)3)15(17(41)42)14(4)18(43)47-11-9-22(28,29)23(30,31)24(32,33)25(34,35)26(36,37)27(38,39)40/h13-16H,7-12H2,1-6H3,(H,41,42). The molecule has 3 atom stereocenters. The average Bonchev–Trinajstić information content (AvgIpc) is 2.92. The molecule has 0 aromatic heterocycles. The highest BCUT2D eigenvalue weighted by Gasteiger charge is 2.90. The lowest BCUT2D eigenvalue weighted by Crippen LogP contribution is -2.70. The van der Waals surface area contributed by atoms with Crippen molar-refractivity contribution in [1.82, 2.24) is 0 Å². The van der Waals surface area contributed by atoms with Crippen molar-refractivity contribution < 1.29 is 95.6 Å². The first-order valence-corrected chi connectivity index (χ1v) is 14.0. The van der Waals surface area contributed by atoms with Crippen LogP contribution in [0.1, 0.15) is 60.8 Å². The number of hydrogen-bond acceptors (Lipinski definition) is 7. The minimum Gasteiger partial charge on any atom is -0.481 e. The van der Waals surface area contributed by atoms with E-state index in [1.54, 1.807) is 20.8 Å². The Bertz CT molecular complexity index is 1140. The maximum absolute atomic E-state index is 14.1. The number of unbranched alkanes of at least 4 members (excludes halogenated alkanes) is 1. The van der Waals surface area contributed by atoms with E-state index in [0.29, 0.717) is 13.3 Å². The minimum absolute atomic E-state index is 0.215. The molecule has 21 heteroatoms. The monoisotopic (exact) mass is 734 g/mol. The molecular weight excluding hydrogens is 699 g/mol. The molecule has 0 aliphatic rings. The van der Waals surface area contributed by atoms with Gasteiger partial charge < -0.3 is 19.3 Å². The van der Waals surface area contributed by atoms with Gasteiger partial charge in [0, 0.05) is 0 Å². The van der Waals surface area contributed by atoms with Crippen LogP contribution in [0.3, 0.4) is 0 Å². The third kappa shape index (κ3) is 9.15. The maximum atomic E-state index is 14.1. The van der Waals surface area contributed by atoms with Gasteiger partial charge in [-0.1, -0.05) is 34.1 Å². The van der Waals surface area contributed by atoms with Crippen LogP contribution in [0.15, 0.2) is 0 Å². The largest absolute Gasteiger partial charge is 0.481 e. The molecule has 0 heterocycles. The van der Waals surface area contributed by atoms with Crippen LogP contribution in [0, 0.1) is 29.1 Å². The number of hydrogen-bond donors (Lipinski definition) is 1. The third-order valence-electron chi connectivity index (χ3n) is 7.06. The third-order valence-corrected chi connectivity index (χ3v) is 7.06. The van der Waals surface area contributed by atoms with E-state index in [9.17, 15) is 81.4 Å². The highest BCUT2D eigenvalue weighted by atomic mass is 19.4.